The average Bonchev–Trinajstić information content (AvgIpc) is 2.67. The molecular formula is C22H22N2O2. The summed E-state index contributed by atoms with van der Waals surface area (Å²) in [6.45, 7) is 7.20. The zero-order chi connectivity index (χ0) is 18.8. The summed E-state index contributed by atoms with van der Waals surface area (Å²) in [4.78, 5) is 14.2. The first-order chi connectivity index (χ1) is 12.7. The molecule has 0 saturated carbocycles. The highest BCUT2D eigenvalue weighted by molar-refractivity contribution is 5.91. The molecule has 0 aliphatic rings. The lowest BCUT2D eigenvalue weighted by Crippen LogP contribution is -2.29. The van der Waals surface area contributed by atoms with Gasteiger partial charge in [0.05, 0.1) is 18.2 Å². The second kappa shape index (κ2) is 9.85. The summed E-state index contributed by atoms with van der Waals surface area (Å²) >= 11 is 0. The van der Waals surface area contributed by atoms with E-state index in [1.165, 1.54) is 0 Å². The third-order valence-corrected chi connectivity index (χ3v) is 3.73. The molecule has 4 nitrogen and oxygen atoms in total. The van der Waals surface area contributed by atoms with E-state index in [0.29, 0.717) is 25.3 Å². The van der Waals surface area contributed by atoms with Gasteiger partial charge in [0.2, 0.25) is 5.91 Å². The molecule has 0 N–H and O–H groups in total. The number of hydrogen-bond donors (Lipinski definition) is 0. The molecule has 0 aromatic heterocycles. The molecule has 26 heavy (non-hydrogen) atoms. The number of nitriles is 1. The number of benzene rings is 2. The van der Waals surface area contributed by atoms with Crippen LogP contribution < -0.4 is 4.74 Å². The van der Waals surface area contributed by atoms with Crippen LogP contribution in [0, 0.1) is 11.3 Å². The lowest BCUT2D eigenvalue weighted by molar-refractivity contribution is -0.126. The van der Waals surface area contributed by atoms with E-state index in [0.717, 1.165) is 16.9 Å². The Balaban J connectivity index is 2.04. The molecule has 0 atom stereocenters. The van der Waals surface area contributed by atoms with Crippen molar-refractivity contribution in [3.8, 4) is 11.8 Å². The molecule has 132 valence electrons. The Morgan fingerprint density at radius 3 is 2.46 bits per heavy atom. The van der Waals surface area contributed by atoms with Crippen LogP contribution in [-0.4, -0.2) is 24.0 Å². The highest BCUT2D eigenvalue weighted by Gasteiger charge is 2.10. The maximum Gasteiger partial charge on any atom is 0.247 e. The van der Waals surface area contributed by atoms with Gasteiger partial charge in [0.25, 0.3) is 0 Å². The number of amides is 1. The lowest BCUT2D eigenvalue weighted by atomic mass is 10.1. The van der Waals surface area contributed by atoms with Gasteiger partial charge in [-0.3, -0.25) is 4.79 Å². The van der Waals surface area contributed by atoms with Crippen molar-refractivity contribution < 1.29 is 9.53 Å². The Morgan fingerprint density at radius 2 is 1.88 bits per heavy atom. The Kier molecular flexibility index (Phi) is 7.20. The van der Waals surface area contributed by atoms with E-state index in [9.17, 15) is 4.79 Å². The summed E-state index contributed by atoms with van der Waals surface area (Å²) < 4.78 is 5.41. The number of carbonyl (C=O) groups is 1. The van der Waals surface area contributed by atoms with Crippen molar-refractivity contribution in [1.29, 1.82) is 5.26 Å². The molecule has 2 aromatic rings. The molecule has 0 aliphatic carbocycles. The summed E-state index contributed by atoms with van der Waals surface area (Å²) in [7, 11) is 0. The fourth-order valence-corrected chi connectivity index (χ4v) is 2.41. The van der Waals surface area contributed by atoms with Crippen molar-refractivity contribution in [3.05, 3.63) is 84.0 Å². The van der Waals surface area contributed by atoms with Gasteiger partial charge in [-0.1, -0.05) is 30.3 Å². The van der Waals surface area contributed by atoms with Crippen molar-refractivity contribution in [3.63, 3.8) is 0 Å². The fourth-order valence-electron chi connectivity index (χ4n) is 2.41. The van der Waals surface area contributed by atoms with Crippen molar-refractivity contribution in [2.24, 2.45) is 0 Å². The smallest absolute Gasteiger partial charge is 0.247 e. The summed E-state index contributed by atoms with van der Waals surface area (Å²) in [5.74, 6) is 0.716. The zero-order valence-electron chi connectivity index (χ0n) is 14.9. The lowest BCUT2D eigenvalue weighted by Gasteiger charge is -2.19. The van der Waals surface area contributed by atoms with Crippen LogP contribution in [0.3, 0.4) is 0 Å². The van der Waals surface area contributed by atoms with Crippen molar-refractivity contribution in [1.82, 2.24) is 4.90 Å². The number of rotatable bonds is 8. The molecule has 1 amide bonds. The van der Waals surface area contributed by atoms with Crippen LogP contribution in [-0.2, 0) is 11.3 Å². The Morgan fingerprint density at radius 1 is 1.19 bits per heavy atom. The Hall–Kier alpha value is -3.32. The Bertz CT molecular complexity index is 800. The monoisotopic (exact) mass is 346 g/mol. The van der Waals surface area contributed by atoms with Gasteiger partial charge in [-0.15, -0.1) is 6.58 Å². The molecule has 0 aliphatic heterocycles. The molecule has 0 fully saturated rings. The van der Waals surface area contributed by atoms with Gasteiger partial charge in [-0.05, 0) is 48.4 Å². The fraction of sp³-hybridized carbons (Fsp3) is 0.182. The zero-order valence-corrected chi connectivity index (χ0v) is 14.9. The number of hydrogen-bond acceptors (Lipinski definition) is 3. The van der Waals surface area contributed by atoms with Gasteiger partial charge in [0, 0.05) is 19.2 Å². The van der Waals surface area contributed by atoms with Crippen LogP contribution in [0.5, 0.6) is 5.75 Å². The quantitative estimate of drug-likeness (QED) is 0.532. The van der Waals surface area contributed by atoms with Crippen LogP contribution in [0.2, 0.25) is 0 Å². The molecule has 0 spiro atoms. The van der Waals surface area contributed by atoms with Crippen molar-refractivity contribution >= 4 is 12.0 Å². The van der Waals surface area contributed by atoms with Crippen LogP contribution in [0.25, 0.3) is 6.08 Å². The van der Waals surface area contributed by atoms with Crippen LogP contribution >= 0.6 is 0 Å². The van der Waals surface area contributed by atoms with Gasteiger partial charge in [0.15, 0.2) is 0 Å². The molecule has 2 rings (SSSR count). The summed E-state index contributed by atoms with van der Waals surface area (Å²) in [5, 5.41) is 8.86. The van der Waals surface area contributed by atoms with E-state index in [1.54, 1.807) is 35.3 Å². The largest absolute Gasteiger partial charge is 0.494 e. The van der Waals surface area contributed by atoms with Crippen molar-refractivity contribution in [2.45, 2.75) is 13.5 Å². The first-order valence-corrected chi connectivity index (χ1v) is 8.46. The molecule has 0 radical (unpaired) electrons. The van der Waals surface area contributed by atoms with Gasteiger partial charge < -0.3 is 9.64 Å². The van der Waals surface area contributed by atoms with Gasteiger partial charge in [-0.25, -0.2) is 0 Å². The van der Waals surface area contributed by atoms with Crippen LogP contribution in [0.1, 0.15) is 23.6 Å². The second-order valence-corrected chi connectivity index (χ2v) is 5.65. The van der Waals surface area contributed by atoms with E-state index in [1.807, 2.05) is 43.3 Å². The summed E-state index contributed by atoms with van der Waals surface area (Å²) in [5.41, 5.74) is 2.50. The van der Waals surface area contributed by atoms with Crippen molar-refractivity contribution in [2.75, 3.05) is 13.2 Å². The predicted octanol–water partition coefficient (Wildman–Crippen LogP) is 4.18. The normalized spacial score (nSPS) is 10.3. The Labute approximate surface area is 154 Å². The SMILES string of the molecule is C=CCN(Cc1ccc(C#N)cc1)C(=O)/C=C/c1ccc(OCC)cc1. The van der Waals surface area contributed by atoms with Crippen LogP contribution in [0.4, 0.5) is 0 Å². The summed E-state index contributed by atoms with van der Waals surface area (Å²) in [6, 6.07) is 16.9. The topological polar surface area (TPSA) is 53.3 Å². The minimum Gasteiger partial charge on any atom is -0.494 e. The maximum absolute atomic E-state index is 12.5. The number of nitrogens with zero attached hydrogens (tertiary/aromatic N) is 2. The molecule has 0 unspecified atom stereocenters. The van der Waals surface area contributed by atoms with E-state index in [2.05, 4.69) is 12.6 Å². The molecule has 0 heterocycles. The first kappa shape index (κ1) is 19.0. The second-order valence-electron chi connectivity index (χ2n) is 5.65. The minimum absolute atomic E-state index is 0.0943. The molecular weight excluding hydrogens is 324 g/mol. The number of ether oxygens (including phenoxy) is 1. The molecule has 0 saturated heterocycles. The highest BCUT2D eigenvalue weighted by atomic mass is 16.5. The van der Waals surface area contributed by atoms with Gasteiger partial charge in [0.1, 0.15) is 5.75 Å². The summed E-state index contributed by atoms with van der Waals surface area (Å²) in [6.07, 6.45) is 5.04. The number of carbonyl (C=O) groups excluding carboxylic acids is 1. The van der Waals surface area contributed by atoms with E-state index in [4.69, 9.17) is 10.00 Å². The predicted molar refractivity (Wildman–Crippen MR) is 103 cm³/mol. The van der Waals surface area contributed by atoms with Gasteiger partial charge in [-0.2, -0.15) is 5.26 Å². The average molecular weight is 346 g/mol. The molecule has 2 aromatic carbocycles. The minimum atomic E-state index is -0.0943. The van der Waals surface area contributed by atoms with E-state index < -0.39 is 0 Å². The van der Waals surface area contributed by atoms with Crippen LogP contribution in [0.15, 0.2) is 67.3 Å². The third-order valence-electron chi connectivity index (χ3n) is 3.73. The maximum atomic E-state index is 12.5. The third kappa shape index (κ3) is 5.64. The van der Waals surface area contributed by atoms with E-state index in [-0.39, 0.29) is 5.91 Å². The molecule has 4 heteroatoms. The van der Waals surface area contributed by atoms with Gasteiger partial charge >= 0.3 is 0 Å². The van der Waals surface area contributed by atoms with E-state index >= 15 is 0 Å². The molecule has 0 bridgehead atoms. The highest BCUT2D eigenvalue weighted by Crippen LogP contribution is 2.14. The first-order valence-electron chi connectivity index (χ1n) is 8.46. The standard InChI is InChI=1S/C22H22N2O2/c1-3-15-24(17-20-7-5-19(16-23)6-8-20)22(25)14-11-18-9-12-21(13-10-18)26-4-2/h3,5-14H,1,4,15,17H2,2H3/b14-11+.